The molecule has 0 fully saturated rings. The average Bonchev–Trinajstić information content (AvgIpc) is 1.88. The topological polar surface area (TPSA) is 29.3 Å². The van der Waals surface area contributed by atoms with E-state index >= 15 is 0 Å². The Labute approximate surface area is 62.0 Å². The van der Waals surface area contributed by atoms with E-state index in [-0.39, 0.29) is 0 Å². The molecular weight excluding hydrogens is 136 g/mol. The summed E-state index contributed by atoms with van der Waals surface area (Å²) in [5.74, 6) is 0.702. The van der Waals surface area contributed by atoms with Gasteiger partial charge in [-0.25, -0.2) is 0 Å². The Morgan fingerprint density at radius 3 is 2.44 bits per heavy atom. The van der Waals surface area contributed by atoms with Gasteiger partial charge in [0, 0.05) is 25.5 Å². The van der Waals surface area contributed by atoms with Gasteiger partial charge in [-0.05, 0) is 6.54 Å². The lowest BCUT2D eigenvalue weighted by molar-refractivity contribution is 0.314. The van der Waals surface area contributed by atoms with Gasteiger partial charge in [0.15, 0.2) is 0 Å². The maximum absolute atomic E-state index is 5.53. The first kappa shape index (κ1) is 9.21. The molecule has 0 amide bonds. The third-order valence-corrected chi connectivity index (χ3v) is 1.46. The molecule has 0 saturated carbocycles. The second-order valence-electron chi connectivity index (χ2n) is 1.91. The number of nitrogens with two attached hydrogens (primary N) is 1. The van der Waals surface area contributed by atoms with Crippen molar-refractivity contribution in [3.8, 4) is 0 Å². The standard InChI is InChI=1S/C6H15ClN2/c1-2-9(5-3-7)6-4-8/h2-6,8H2,1H3. The first-order chi connectivity index (χ1) is 4.35. The van der Waals surface area contributed by atoms with Gasteiger partial charge >= 0.3 is 0 Å². The van der Waals surface area contributed by atoms with Crippen LogP contribution in [-0.2, 0) is 0 Å². The zero-order valence-corrected chi connectivity index (χ0v) is 6.69. The Balaban J connectivity index is 3.18. The van der Waals surface area contributed by atoms with Crippen LogP contribution in [0.1, 0.15) is 6.92 Å². The van der Waals surface area contributed by atoms with E-state index in [1.807, 2.05) is 0 Å². The SMILES string of the molecule is CCN(CCN)CCCl. The van der Waals surface area contributed by atoms with Crippen LogP contribution in [0.25, 0.3) is 0 Å². The van der Waals surface area contributed by atoms with E-state index < -0.39 is 0 Å². The zero-order valence-electron chi connectivity index (χ0n) is 5.94. The second-order valence-corrected chi connectivity index (χ2v) is 2.29. The van der Waals surface area contributed by atoms with Gasteiger partial charge in [0.05, 0.1) is 0 Å². The van der Waals surface area contributed by atoms with Crippen LogP contribution in [0, 0.1) is 0 Å². The smallest absolute Gasteiger partial charge is 0.0351 e. The van der Waals surface area contributed by atoms with Crippen molar-refractivity contribution < 1.29 is 0 Å². The number of likely N-dealkylation sites (N-methyl/N-ethyl adjacent to an activating group) is 1. The van der Waals surface area contributed by atoms with Crippen molar-refractivity contribution in [2.24, 2.45) is 5.73 Å². The van der Waals surface area contributed by atoms with Crippen molar-refractivity contribution in [2.75, 3.05) is 32.1 Å². The maximum atomic E-state index is 5.53. The molecule has 9 heavy (non-hydrogen) atoms. The van der Waals surface area contributed by atoms with Crippen LogP contribution in [0.2, 0.25) is 0 Å². The molecule has 3 heteroatoms. The molecule has 0 aliphatic carbocycles. The second kappa shape index (κ2) is 6.33. The monoisotopic (exact) mass is 150 g/mol. The molecule has 0 aliphatic rings. The van der Waals surface area contributed by atoms with Crippen molar-refractivity contribution >= 4 is 11.6 Å². The lowest BCUT2D eigenvalue weighted by atomic mass is 10.5. The first-order valence-electron chi connectivity index (χ1n) is 3.33. The Kier molecular flexibility index (Phi) is 6.48. The van der Waals surface area contributed by atoms with Crippen molar-refractivity contribution in [3.63, 3.8) is 0 Å². The minimum atomic E-state index is 0.702. The average molecular weight is 151 g/mol. The molecule has 0 heterocycles. The molecule has 0 aromatic rings. The Bertz CT molecular complexity index is 53.0. The van der Waals surface area contributed by atoms with Crippen LogP contribution < -0.4 is 5.73 Å². The van der Waals surface area contributed by atoms with Crippen molar-refractivity contribution in [2.45, 2.75) is 6.92 Å². The van der Waals surface area contributed by atoms with E-state index in [0.717, 1.165) is 26.2 Å². The molecule has 0 bridgehead atoms. The minimum Gasteiger partial charge on any atom is -0.329 e. The molecule has 0 aromatic carbocycles. The van der Waals surface area contributed by atoms with Crippen molar-refractivity contribution in [1.82, 2.24) is 4.90 Å². The fraction of sp³-hybridized carbons (Fsp3) is 1.00. The van der Waals surface area contributed by atoms with Crippen molar-refractivity contribution in [3.05, 3.63) is 0 Å². The summed E-state index contributed by atoms with van der Waals surface area (Å²) in [7, 11) is 0. The Hall–Kier alpha value is 0.210. The third kappa shape index (κ3) is 4.70. The number of rotatable bonds is 5. The van der Waals surface area contributed by atoms with Gasteiger partial charge in [0.1, 0.15) is 0 Å². The maximum Gasteiger partial charge on any atom is 0.0351 e. The van der Waals surface area contributed by atoms with Crippen LogP contribution in [0.4, 0.5) is 0 Å². The van der Waals surface area contributed by atoms with Crippen molar-refractivity contribution in [1.29, 1.82) is 0 Å². The zero-order chi connectivity index (χ0) is 7.11. The highest BCUT2D eigenvalue weighted by Gasteiger charge is 1.96. The fourth-order valence-corrected chi connectivity index (χ4v) is 0.969. The minimum absolute atomic E-state index is 0.702. The first-order valence-corrected chi connectivity index (χ1v) is 3.87. The van der Waals surface area contributed by atoms with E-state index in [2.05, 4.69) is 11.8 Å². The summed E-state index contributed by atoms with van der Waals surface area (Å²) in [6.07, 6.45) is 0. The summed E-state index contributed by atoms with van der Waals surface area (Å²) in [5, 5.41) is 0. The van der Waals surface area contributed by atoms with Crippen LogP contribution in [0.15, 0.2) is 0 Å². The molecule has 0 unspecified atom stereocenters. The molecular formula is C6H15ClN2. The highest BCUT2D eigenvalue weighted by molar-refractivity contribution is 6.18. The molecule has 0 aromatic heterocycles. The summed E-state index contributed by atoms with van der Waals surface area (Å²) in [4.78, 5) is 2.23. The Morgan fingerprint density at radius 2 is 2.11 bits per heavy atom. The number of hydrogen-bond acceptors (Lipinski definition) is 2. The predicted octanol–water partition coefficient (Wildman–Crippen LogP) is 0.506. The summed E-state index contributed by atoms with van der Waals surface area (Å²) < 4.78 is 0. The predicted molar refractivity (Wildman–Crippen MR) is 41.9 cm³/mol. The van der Waals surface area contributed by atoms with E-state index in [1.165, 1.54) is 0 Å². The number of alkyl halides is 1. The quantitative estimate of drug-likeness (QED) is 0.579. The molecule has 0 aliphatic heterocycles. The van der Waals surface area contributed by atoms with Gasteiger partial charge in [0.2, 0.25) is 0 Å². The molecule has 2 nitrogen and oxygen atoms in total. The molecule has 2 N–H and O–H groups in total. The van der Waals surface area contributed by atoms with E-state index in [1.54, 1.807) is 0 Å². The molecule has 0 spiro atoms. The van der Waals surface area contributed by atoms with Gasteiger partial charge in [-0.2, -0.15) is 0 Å². The van der Waals surface area contributed by atoms with Gasteiger partial charge in [0.25, 0.3) is 0 Å². The van der Waals surface area contributed by atoms with Gasteiger partial charge in [-0.1, -0.05) is 6.92 Å². The van der Waals surface area contributed by atoms with Gasteiger partial charge in [-0.15, -0.1) is 11.6 Å². The van der Waals surface area contributed by atoms with Crippen LogP contribution in [-0.4, -0.2) is 37.0 Å². The third-order valence-electron chi connectivity index (χ3n) is 1.29. The molecule has 0 rings (SSSR count). The van der Waals surface area contributed by atoms with Crippen LogP contribution in [0.3, 0.4) is 0 Å². The summed E-state index contributed by atoms with van der Waals surface area (Å²) in [6.45, 7) is 5.80. The number of hydrogen-bond donors (Lipinski definition) is 1. The largest absolute Gasteiger partial charge is 0.329 e. The van der Waals surface area contributed by atoms with Crippen LogP contribution in [0.5, 0.6) is 0 Å². The normalized spacial score (nSPS) is 10.7. The summed E-state index contributed by atoms with van der Waals surface area (Å²) >= 11 is 5.53. The Morgan fingerprint density at radius 1 is 1.44 bits per heavy atom. The van der Waals surface area contributed by atoms with Crippen LogP contribution >= 0.6 is 11.6 Å². The number of halogens is 1. The fourth-order valence-electron chi connectivity index (χ4n) is 0.730. The molecule has 0 atom stereocenters. The van der Waals surface area contributed by atoms with E-state index in [4.69, 9.17) is 17.3 Å². The lowest BCUT2D eigenvalue weighted by Crippen LogP contribution is -2.30. The molecule has 56 valence electrons. The summed E-state index contributed by atoms with van der Waals surface area (Å²) in [5.41, 5.74) is 5.35. The van der Waals surface area contributed by atoms with Gasteiger partial charge in [-0.3, -0.25) is 0 Å². The van der Waals surface area contributed by atoms with Gasteiger partial charge < -0.3 is 10.6 Å². The summed E-state index contributed by atoms with van der Waals surface area (Å²) in [6, 6.07) is 0. The molecule has 0 radical (unpaired) electrons. The highest BCUT2D eigenvalue weighted by Crippen LogP contribution is 1.86. The highest BCUT2D eigenvalue weighted by atomic mass is 35.5. The van der Waals surface area contributed by atoms with E-state index in [0.29, 0.717) is 5.88 Å². The number of nitrogens with zero attached hydrogens (tertiary/aromatic N) is 1. The molecule has 0 saturated heterocycles. The lowest BCUT2D eigenvalue weighted by Gasteiger charge is -2.16. The van der Waals surface area contributed by atoms with E-state index in [9.17, 15) is 0 Å².